The van der Waals surface area contributed by atoms with E-state index in [1.165, 1.54) is 6.92 Å². The van der Waals surface area contributed by atoms with Crippen LogP contribution in [0.3, 0.4) is 0 Å². The highest BCUT2D eigenvalue weighted by atomic mass is 32.3. The second-order valence-corrected chi connectivity index (χ2v) is 6.48. The van der Waals surface area contributed by atoms with Crippen molar-refractivity contribution in [3.05, 3.63) is 30.3 Å². The highest BCUT2D eigenvalue weighted by Crippen LogP contribution is 2.25. The normalized spacial score (nSPS) is 29.8. The summed E-state index contributed by atoms with van der Waals surface area (Å²) in [5.41, 5.74) is 0. The van der Waals surface area contributed by atoms with E-state index in [4.69, 9.17) is 14.0 Å². The van der Waals surface area contributed by atoms with Gasteiger partial charge < -0.3 is 25.0 Å². The summed E-state index contributed by atoms with van der Waals surface area (Å²) in [6.07, 6.45) is -5.68. The molecule has 140 valence electrons. The third kappa shape index (κ3) is 5.63. The maximum absolute atomic E-state index is 11.3. The number of hydrogen-bond donors (Lipinski definition) is 4. The molecule has 25 heavy (non-hydrogen) atoms. The molecule has 4 N–H and O–H groups in total. The Kier molecular flexibility index (Phi) is 6.32. The van der Waals surface area contributed by atoms with E-state index in [9.17, 15) is 23.4 Å². The van der Waals surface area contributed by atoms with Gasteiger partial charge in [0.15, 0.2) is 0 Å². The number of carbonyl (C=O) groups excluding carboxylic acids is 1. The Morgan fingerprint density at radius 2 is 1.88 bits per heavy atom. The number of rotatable bonds is 6. The lowest BCUT2D eigenvalue weighted by molar-refractivity contribution is -0.242. The lowest BCUT2D eigenvalue weighted by atomic mass is 9.97. The van der Waals surface area contributed by atoms with E-state index in [2.05, 4.69) is 9.50 Å². The molecule has 1 aliphatic heterocycles. The minimum atomic E-state index is -4.76. The maximum atomic E-state index is 11.3. The SMILES string of the molecule is CC(=O)N[C@H]1[C@H](Oc2ccccc2)O[C@H](COS(=O)(=O)O)[C@H](O)[C@@H]1O. The number of amides is 1. The molecule has 1 amide bonds. The van der Waals surface area contributed by atoms with Crippen molar-refractivity contribution >= 4 is 16.3 Å². The number of aliphatic hydroxyl groups excluding tert-OH is 2. The van der Waals surface area contributed by atoms with E-state index in [0.29, 0.717) is 5.75 Å². The molecule has 1 saturated heterocycles. The Balaban J connectivity index is 2.18. The van der Waals surface area contributed by atoms with Gasteiger partial charge in [0, 0.05) is 6.92 Å². The molecule has 0 radical (unpaired) electrons. The molecular formula is C14H19NO9S. The van der Waals surface area contributed by atoms with Crippen LogP contribution in [0.5, 0.6) is 5.75 Å². The van der Waals surface area contributed by atoms with E-state index in [1.54, 1.807) is 30.3 Å². The Labute approximate surface area is 144 Å². The molecule has 0 unspecified atom stereocenters. The smallest absolute Gasteiger partial charge is 0.397 e. The van der Waals surface area contributed by atoms with Gasteiger partial charge in [0.05, 0.1) is 6.61 Å². The van der Waals surface area contributed by atoms with E-state index < -0.39 is 53.6 Å². The minimum Gasteiger partial charge on any atom is -0.463 e. The van der Waals surface area contributed by atoms with Gasteiger partial charge in [0.25, 0.3) is 0 Å². The van der Waals surface area contributed by atoms with Crippen LogP contribution in [0, 0.1) is 0 Å². The average Bonchev–Trinajstić information content (AvgIpc) is 2.53. The lowest BCUT2D eigenvalue weighted by Gasteiger charge is -2.42. The summed E-state index contributed by atoms with van der Waals surface area (Å²) in [6, 6.07) is 7.23. The van der Waals surface area contributed by atoms with Crippen LogP contribution >= 0.6 is 0 Å². The van der Waals surface area contributed by atoms with Crippen molar-refractivity contribution in [1.29, 1.82) is 0 Å². The fraction of sp³-hybridized carbons (Fsp3) is 0.500. The van der Waals surface area contributed by atoms with E-state index >= 15 is 0 Å². The third-order valence-corrected chi connectivity index (χ3v) is 3.88. The molecule has 1 fully saturated rings. The highest BCUT2D eigenvalue weighted by molar-refractivity contribution is 7.80. The van der Waals surface area contributed by atoms with Gasteiger partial charge in [-0.05, 0) is 12.1 Å². The fourth-order valence-electron chi connectivity index (χ4n) is 2.34. The Morgan fingerprint density at radius 1 is 1.24 bits per heavy atom. The number of hydrogen-bond acceptors (Lipinski definition) is 8. The number of para-hydroxylation sites is 1. The quantitative estimate of drug-likeness (QED) is 0.450. The van der Waals surface area contributed by atoms with Crippen molar-refractivity contribution < 1.29 is 41.6 Å². The first-order valence-electron chi connectivity index (χ1n) is 7.29. The summed E-state index contributed by atoms with van der Waals surface area (Å²) in [5, 5.41) is 22.7. The van der Waals surface area contributed by atoms with E-state index in [1.807, 2.05) is 0 Å². The van der Waals surface area contributed by atoms with Crippen molar-refractivity contribution in [2.24, 2.45) is 0 Å². The molecule has 2 rings (SSSR count). The van der Waals surface area contributed by atoms with Crippen LogP contribution in [-0.2, 0) is 24.1 Å². The zero-order chi connectivity index (χ0) is 18.6. The van der Waals surface area contributed by atoms with Crippen LogP contribution in [-0.4, -0.2) is 66.3 Å². The topological polar surface area (TPSA) is 152 Å². The van der Waals surface area contributed by atoms with Crippen LogP contribution < -0.4 is 10.1 Å². The summed E-state index contributed by atoms with van der Waals surface area (Å²) >= 11 is 0. The van der Waals surface area contributed by atoms with Gasteiger partial charge in [0.1, 0.15) is 30.1 Å². The monoisotopic (exact) mass is 377 g/mol. The van der Waals surface area contributed by atoms with Crippen LogP contribution in [0.15, 0.2) is 30.3 Å². The summed E-state index contributed by atoms with van der Waals surface area (Å²) in [6.45, 7) is 0.463. The molecule has 10 nitrogen and oxygen atoms in total. The first-order valence-corrected chi connectivity index (χ1v) is 8.66. The fourth-order valence-corrected chi connectivity index (χ4v) is 2.65. The highest BCUT2D eigenvalue weighted by Gasteiger charge is 2.46. The molecule has 1 aliphatic rings. The predicted octanol–water partition coefficient (Wildman–Crippen LogP) is -1.16. The van der Waals surface area contributed by atoms with Crippen LogP contribution in [0.25, 0.3) is 0 Å². The van der Waals surface area contributed by atoms with Gasteiger partial charge in [0.2, 0.25) is 12.2 Å². The van der Waals surface area contributed by atoms with Crippen molar-refractivity contribution in [3.8, 4) is 5.75 Å². The number of aliphatic hydroxyl groups is 2. The Morgan fingerprint density at radius 3 is 2.44 bits per heavy atom. The van der Waals surface area contributed by atoms with Crippen LogP contribution in [0.2, 0.25) is 0 Å². The summed E-state index contributed by atoms with van der Waals surface area (Å²) in [5.74, 6) is -0.130. The molecule has 5 atom stereocenters. The first-order chi connectivity index (χ1) is 11.7. The Bertz CT molecular complexity index is 681. The van der Waals surface area contributed by atoms with Gasteiger partial charge in [-0.1, -0.05) is 18.2 Å². The maximum Gasteiger partial charge on any atom is 0.397 e. The lowest BCUT2D eigenvalue weighted by Crippen LogP contribution is -2.65. The standard InChI is InChI=1S/C14H19NO9S/c1-8(16)15-11-13(18)12(17)10(7-22-25(19,20)21)24-14(11)23-9-5-3-2-4-6-9/h2-6,10-14,17-18H,7H2,1H3,(H,15,16)(H,19,20,21)/t10-,11-,12+,13-,14-/m1/s1. The van der Waals surface area contributed by atoms with Gasteiger partial charge in [-0.2, -0.15) is 8.42 Å². The van der Waals surface area contributed by atoms with E-state index in [0.717, 1.165) is 0 Å². The first kappa shape index (κ1) is 19.6. The molecule has 1 heterocycles. The minimum absolute atomic E-state index is 0.362. The largest absolute Gasteiger partial charge is 0.463 e. The number of ether oxygens (including phenoxy) is 2. The molecule has 1 aromatic rings. The molecule has 1 aromatic carbocycles. The van der Waals surface area contributed by atoms with Gasteiger partial charge in [-0.15, -0.1) is 0 Å². The molecular weight excluding hydrogens is 358 g/mol. The molecule has 0 spiro atoms. The van der Waals surface area contributed by atoms with E-state index in [-0.39, 0.29) is 0 Å². The second-order valence-electron chi connectivity index (χ2n) is 5.39. The number of benzene rings is 1. The zero-order valence-corrected chi connectivity index (χ0v) is 14.0. The van der Waals surface area contributed by atoms with Crippen molar-refractivity contribution in [2.45, 2.75) is 37.6 Å². The van der Waals surface area contributed by atoms with Gasteiger partial charge in [-0.3, -0.25) is 9.35 Å². The molecule has 0 aliphatic carbocycles. The number of nitrogens with one attached hydrogen (secondary N) is 1. The van der Waals surface area contributed by atoms with Crippen molar-refractivity contribution in [1.82, 2.24) is 5.32 Å². The van der Waals surface area contributed by atoms with Crippen molar-refractivity contribution in [2.75, 3.05) is 6.61 Å². The molecule has 0 bridgehead atoms. The van der Waals surface area contributed by atoms with Gasteiger partial charge in [-0.25, -0.2) is 4.18 Å². The number of carbonyl (C=O) groups is 1. The van der Waals surface area contributed by atoms with Gasteiger partial charge >= 0.3 is 10.4 Å². The van der Waals surface area contributed by atoms with Crippen molar-refractivity contribution in [3.63, 3.8) is 0 Å². The van der Waals surface area contributed by atoms with Crippen LogP contribution in [0.4, 0.5) is 0 Å². The molecule has 0 aromatic heterocycles. The third-order valence-electron chi connectivity index (χ3n) is 3.45. The molecule has 11 heteroatoms. The summed E-state index contributed by atoms with van der Waals surface area (Å²) in [4.78, 5) is 11.3. The van der Waals surface area contributed by atoms with Crippen LogP contribution in [0.1, 0.15) is 6.92 Å². The predicted molar refractivity (Wildman–Crippen MR) is 82.8 cm³/mol. The second kappa shape index (κ2) is 8.08. The summed E-state index contributed by atoms with van der Waals surface area (Å²) < 4.78 is 45.2. The summed E-state index contributed by atoms with van der Waals surface area (Å²) in [7, 11) is -4.76. The average molecular weight is 377 g/mol. The zero-order valence-electron chi connectivity index (χ0n) is 13.2. The Hall–Kier alpha value is -1.76. The molecule has 0 saturated carbocycles.